The van der Waals surface area contributed by atoms with E-state index in [1.54, 1.807) is 23.9 Å². The maximum absolute atomic E-state index is 12.4. The van der Waals surface area contributed by atoms with Crippen molar-refractivity contribution in [1.29, 1.82) is 5.41 Å². The summed E-state index contributed by atoms with van der Waals surface area (Å²) in [5, 5.41) is 18.2. The quantitative estimate of drug-likeness (QED) is 0.344. The fourth-order valence-electron chi connectivity index (χ4n) is 3.25. The Balaban J connectivity index is 1.61. The number of anilines is 3. The molecule has 1 aromatic heterocycles. The van der Waals surface area contributed by atoms with Gasteiger partial charge in [-0.25, -0.2) is 4.68 Å². The number of hydrogen-bond donors (Lipinski definition) is 4. The van der Waals surface area contributed by atoms with Crippen molar-refractivity contribution in [1.82, 2.24) is 20.1 Å². The minimum absolute atomic E-state index is 0.136. The maximum Gasteiger partial charge on any atom is 0.255 e. The van der Waals surface area contributed by atoms with Crippen LogP contribution in [0.25, 0.3) is 11.4 Å². The Bertz CT molecular complexity index is 1160. The first kappa shape index (κ1) is 20.4. The summed E-state index contributed by atoms with van der Waals surface area (Å²) in [4.78, 5) is 17.0. The van der Waals surface area contributed by atoms with Gasteiger partial charge in [0.1, 0.15) is 5.75 Å². The van der Waals surface area contributed by atoms with Crippen LogP contribution in [0.15, 0.2) is 30.3 Å². The summed E-state index contributed by atoms with van der Waals surface area (Å²) < 4.78 is 7.08. The van der Waals surface area contributed by atoms with Gasteiger partial charge in [0.2, 0.25) is 5.95 Å². The van der Waals surface area contributed by atoms with E-state index in [1.807, 2.05) is 25.1 Å². The van der Waals surface area contributed by atoms with Crippen LogP contribution in [0.2, 0.25) is 0 Å². The van der Waals surface area contributed by atoms with Gasteiger partial charge in [-0.1, -0.05) is 6.07 Å². The normalized spacial score (nSPS) is 13.0. The van der Waals surface area contributed by atoms with Gasteiger partial charge in [0, 0.05) is 41.8 Å². The third-order valence-electron chi connectivity index (χ3n) is 5.21. The molecule has 0 unspecified atom stereocenters. The van der Waals surface area contributed by atoms with Gasteiger partial charge in [-0.05, 0) is 49.6 Å². The first-order valence-corrected chi connectivity index (χ1v) is 9.97. The zero-order valence-corrected chi connectivity index (χ0v) is 17.7. The van der Waals surface area contributed by atoms with E-state index in [0.717, 1.165) is 29.7 Å². The Morgan fingerprint density at radius 1 is 1.32 bits per heavy atom. The highest BCUT2D eigenvalue weighted by atomic mass is 16.5. The minimum atomic E-state index is -0.136. The molecule has 1 aliphatic rings. The third kappa shape index (κ3) is 4.20. The lowest BCUT2D eigenvalue weighted by atomic mass is 10.1. The molecule has 0 saturated heterocycles. The third-order valence-corrected chi connectivity index (χ3v) is 5.21. The van der Waals surface area contributed by atoms with Crippen LogP contribution in [0.5, 0.6) is 5.75 Å². The molecular formula is C22H25N7O2. The topological polar surface area (TPSA) is 131 Å². The van der Waals surface area contributed by atoms with Crippen LogP contribution in [0.1, 0.15) is 34.3 Å². The number of carbonyl (C=O) groups is 1. The molecule has 0 bridgehead atoms. The lowest BCUT2D eigenvalue weighted by Crippen LogP contribution is -2.25. The Labute approximate surface area is 180 Å². The van der Waals surface area contributed by atoms with Gasteiger partial charge >= 0.3 is 0 Å². The Morgan fingerprint density at radius 2 is 2.10 bits per heavy atom. The summed E-state index contributed by atoms with van der Waals surface area (Å²) in [6.45, 7) is 1.93. The van der Waals surface area contributed by atoms with Gasteiger partial charge in [-0.3, -0.25) is 4.79 Å². The van der Waals surface area contributed by atoms with Crippen LogP contribution in [0.4, 0.5) is 17.3 Å². The second-order valence-electron chi connectivity index (χ2n) is 7.61. The van der Waals surface area contributed by atoms with Crippen LogP contribution in [0.3, 0.4) is 0 Å². The molecule has 1 fully saturated rings. The second-order valence-corrected chi connectivity index (χ2v) is 7.61. The number of benzene rings is 2. The molecule has 31 heavy (non-hydrogen) atoms. The van der Waals surface area contributed by atoms with Crippen molar-refractivity contribution < 1.29 is 9.53 Å². The largest absolute Gasteiger partial charge is 0.496 e. The molecule has 1 amide bonds. The van der Waals surface area contributed by atoms with Crippen molar-refractivity contribution in [2.24, 2.45) is 7.05 Å². The molecule has 160 valence electrons. The van der Waals surface area contributed by atoms with Crippen molar-refractivity contribution in [3.05, 3.63) is 47.0 Å². The second kappa shape index (κ2) is 8.10. The molecule has 3 aromatic rings. The smallest absolute Gasteiger partial charge is 0.255 e. The van der Waals surface area contributed by atoms with Crippen molar-refractivity contribution in [3.63, 3.8) is 0 Å². The monoisotopic (exact) mass is 419 g/mol. The molecule has 0 aliphatic heterocycles. The summed E-state index contributed by atoms with van der Waals surface area (Å²) in [7, 11) is 3.33. The molecule has 1 heterocycles. The number of amides is 1. The summed E-state index contributed by atoms with van der Waals surface area (Å²) >= 11 is 0. The Hall–Kier alpha value is -3.88. The van der Waals surface area contributed by atoms with Gasteiger partial charge < -0.3 is 26.5 Å². The SMILES string of the molecule is COc1cc(-c2nc(Nc3cc(C=N)c(N)cc3C)n(C)n2)ccc1C(=O)NC1CC1. The molecule has 9 heteroatoms. The first-order valence-electron chi connectivity index (χ1n) is 9.97. The molecule has 0 radical (unpaired) electrons. The van der Waals surface area contributed by atoms with E-state index in [0.29, 0.717) is 34.3 Å². The molecule has 4 rings (SSSR count). The summed E-state index contributed by atoms with van der Waals surface area (Å²) in [5.74, 6) is 1.37. The van der Waals surface area contributed by atoms with E-state index in [1.165, 1.54) is 13.3 Å². The number of aryl methyl sites for hydroxylation is 2. The number of nitrogens with one attached hydrogen (secondary N) is 3. The zero-order chi connectivity index (χ0) is 22.1. The number of aromatic nitrogens is 3. The van der Waals surface area contributed by atoms with Gasteiger partial charge in [0.05, 0.1) is 12.7 Å². The fourth-order valence-corrected chi connectivity index (χ4v) is 3.25. The summed E-state index contributed by atoms with van der Waals surface area (Å²) in [5.41, 5.74) is 10.1. The summed E-state index contributed by atoms with van der Waals surface area (Å²) in [6, 6.07) is 9.20. The predicted molar refractivity (Wildman–Crippen MR) is 120 cm³/mol. The van der Waals surface area contributed by atoms with E-state index < -0.39 is 0 Å². The van der Waals surface area contributed by atoms with Gasteiger partial charge in [-0.2, -0.15) is 4.98 Å². The molecule has 2 aromatic carbocycles. The Kier molecular flexibility index (Phi) is 5.33. The highest BCUT2D eigenvalue weighted by Crippen LogP contribution is 2.29. The highest BCUT2D eigenvalue weighted by molar-refractivity contribution is 5.98. The fraction of sp³-hybridized carbons (Fsp3) is 0.273. The molecule has 1 saturated carbocycles. The van der Waals surface area contributed by atoms with E-state index in [2.05, 4.69) is 20.7 Å². The number of ether oxygens (including phenoxy) is 1. The number of methoxy groups -OCH3 is 1. The van der Waals surface area contributed by atoms with Crippen molar-refractivity contribution in [3.8, 4) is 17.1 Å². The lowest BCUT2D eigenvalue weighted by molar-refractivity contribution is 0.0948. The zero-order valence-electron chi connectivity index (χ0n) is 17.7. The van der Waals surface area contributed by atoms with Crippen LogP contribution in [-0.2, 0) is 7.05 Å². The predicted octanol–water partition coefficient (Wildman–Crippen LogP) is 3.01. The molecule has 0 atom stereocenters. The first-order chi connectivity index (χ1) is 14.9. The van der Waals surface area contributed by atoms with Crippen molar-refractivity contribution >= 4 is 29.4 Å². The van der Waals surface area contributed by atoms with E-state index >= 15 is 0 Å². The average Bonchev–Trinajstić information content (AvgIpc) is 3.50. The molecule has 0 spiro atoms. The lowest BCUT2D eigenvalue weighted by Gasteiger charge is -2.11. The van der Waals surface area contributed by atoms with Crippen molar-refractivity contribution in [2.45, 2.75) is 25.8 Å². The number of hydrogen-bond acceptors (Lipinski definition) is 7. The van der Waals surface area contributed by atoms with Crippen LogP contribution < -0.4 is 21.1 Å². The molecular weight excluding hydrogens is 394 g/mol. The maximum atomic E-state index is 12.4. The molecule has 9 nitrogen and oxygen atoms in total. The summed E-state index contributed by atoms with van der Waals surface area (Å²) in [6.07, 6.45) is 3.26. The number of nitrogens with zero attached hydrogens (tertiary/aromatic N) is 3. The van der Waals surface area contributed by atoms with E-state index in [-0.39, 0.29) is 11.9 Å². The molecule has 1 aliphatic carbocycles. The van der Waals surface area contributed by atoms with Gasteiger partial charge in [0.25, 0.3) is 5.91 Å². The average molecular weight is 419 g/mol. The van der Waals surface area contributed by atoms with E-state index in [9.17, 15) is 4.79 Å². The number of nitrogens with two attached hydrogens (primary N) is 1. The van der Waals surface area contributed by atoms with Gasteiger partial charge in [0.15, 0.2) is 5.82 Å². The van der Waals surface area contributed by atoms with Crippen LogP contribution in [-0.4, -0.2) is 40.0 Å². The number of nitrogen functional groups attached to an aromatic ring is 1. The number of rotatable bonds is 7. The minimum Gasteiger partial charge on any atom is -0.496 e. The van der Waals surface area contributed by atoms with Crippen LogP contribution in [0, 0.1) is 12.3 Å². The Morgan fingerprint density at radius 3 is 2.77 bits per heavy atom. The van der Waals surface area contributed by atoms with E-state index in [4.69, 9.17) is 15.9 Å². The molecule has 5 N–H and O–H groups in total. The standard InChI is InChI=1S/C22H25N7O2/c1-12-8-17(24)14(11-23)9-18(12)26-22-27-20(28-29(22)2)13-4-7-16(19(10-13)31-3)21(30)25-15-5-6-15/h4,7-11,15,23H,5-6,24H2,1-3H3,(H,25,30)(H,26,27,28). The number of carbonyl (C=O) groups excluding carboxylic acids is 1. The van der Waals surface area contributed by atoms with Gasteiger partial charge in [-0.15, -0.1) is 5.10 Å². The highest BCUT2D eigenvalue weighted by Gasteiger charge is 2.25. The van der Waals surface area contributed by atoms with Crippen molar-refractivity contribution in [2.75, 3.05) is 18.2 Å². The van der Waals surface area contributed by atoms with Crippen LogP contribution >= 0.6 is 0 Å².